The van der Waals surface area contributed by atoms with Gasteiger partial charge in [-0.2, -0.15) is 0 Å². The Labute approximate surface area is 89.8 Å². The highest BCUT2D eigenvalue weighted by Gasteiger charge is 2.37. The zero-order chi connectivity index (χ0) is 11.0. The molecular weight excluding hydrogens is 190 g/mol. The highest BCUT2D eigenvalue weighted by molar-refractivity contribution is 6.01. The van der Waals surface area contributed by atoms with Crippen molar-refractivity contribution in [1.82, 2.24) is 4.90 Å². The average Bonchev–Trinajstić information content (AvgIpc) is 2.60. The second-order valence-electron chi connectivity index (χ2n) is 4.04. The van der Waals surface area contributed by atoms with E-state index in [2.05, 4.69) is 33.7 Å². The maximum atomic E-state index is 5.84. The Bertz CT molecular complexity index is 344. The van der Waals surface area contributed by atoms with Crippen LogP contribution < -0.4 is 5.73 Å². The third kappa shape index (κ3) is 1.62. The number of hydrogen-bond acceptors (Lipinski definition) is 5. The minimum absolute atomic E-state index is 0.0254. The van der Waals surface area contributed by atoms with Gasteiger partial charge in [0.25, 0.3) is 0 Å². The predicted octanol–water partition coefficient (Wildman–Crippen LogP) is 0.613. The van der Waals surface area contributed by atoms with E-state index in [1.165, 1.54) is 0 Å². The molecule has 0 saturated carbocycles. The van der Waals surface area contributed by atoms with Gasteiger partial charge >= 0.3 is 0 Å². The molecule has 0 fully saturated rings. The van der Waals surface area contributed by atoms with Crippen molar-refractivity contribution in [2.24, 2.45) is 20.7 Å². The van der Waals surface area contributed by atoms with Crippen LogP contribution in [0.5, 0.6) is 0 Å². The van der Waals surface area contributed by atoms with E-state index in [1.54, 1.807) is 0 Å². The monoisotopic (exact) mass is 207 g/mol. The van der Waals surface area contributed by atoms with E-state index in [9.17, 15) is 0 Å². The number of rotatable bonds is 2. The van der Waals surface area contributed by atoms with Crippen molar-refractivity contribution in [3.05, 3.63) is 0 Å². The van der Waals surface area contributed by atoms with Crippen molar-refractivity contribution in [3.63, 3.8) is 0 Å². The Morgan fingerprint density at radius 3 is 3.00 bits per heavy atom. The molecule has 82 valence electrons. The van der Waals surface area contributed by atoms with Crippen molar-refractivity contribution in [3.8, 4) is 0 Å². The van der Waals surface area contributed by atoms with Crippen LogP contribution in [-0.2, 0) is 0 Å². The van der Waals surface area contributed by atoms with Crippen LogP contribution in [0.2, 0.25) is 0 Å². The highest BCUT2D eigenvalue weighted by atomic mass is 15.4. The predicted molar refractivity (Wildman–Crippen MR) is 62.4 cm³/mol. The van der Waals surface area contributed by atoms with Gasteiger partial charge in [0, 0.05) is 6.04 Å². The first-order chi connectivity index (χ1) is 7.13. The average molecular weight is 207 g/mol. The molecule has 0 bridgehead atoms. The first-order valence-electron chi connectivity index (χ1n) is 5.32. The van der Waals surface area contributed by atoms with Gasteiger partial charge in [-0.3, -0.25) is 4.99 Å². The molecule has 0 spiro atoms. The normalized spacial score (nSPS) is 31.0. The molecule has 2 rings (SSSR count). The van der Waals surface area contributed by atoms with Crippen molar-refractivity contribution >= 4 is 18.0 Å². The zero-order valence-corrected chi connectivity index (χ0v) is 9.38. The molecule has 2 N–H and O–H groups in total. The van der Waals surface area contributed by atoms with Gasteiger partial charge in [-0.25, -0.2) is 9.98 Å². The zero-order valence-electron chi connectivity index (χ0n) is 9.38. The summed E-state index contributed by atoms with van der Waals surface area (Å²) in [5, 5.41) is 0. The van der Waals surface area contributed by atoms with Crippen LogP contribution in [0.25, 0.3) is 0 Å². The van der Waals surface area contributed by atoms with Crippen LogP contribution in [0, 0.1) is 0 Å². The summed E-state index contributed by atoms with van der Waals surface area (Å²) in [5.41, 5.74) is 5.84. The number of amidine groups is 2. The number of nitrogens with two attached hydrogens (primary N) is 1. The summed E-state index contributed by atoms with van der Waals surface area (Å²) in [6.45, 7) is 6.19. The molecule has 0 aromatic carbocycles. The van der Waals surface area contributed by atoms with Crippen molar-refractivity contribution < 1.29 is 0 Å². The summed E-state index contributed by atoms with van der Waals surface area (Å²) in [6, 6.07) is 0.355. The molecule has 3 atom stereocenters. The smallest absolute Gasteiger partial charge is 0.154 e. The molecule has 2 heterocycles. The molecular formula is C10H17N5. The molecule has 5 nitrogen and oxygen atoms in total. The summed E-state index contributed by atoms with van der Waals surface area (Å²) < 4.78 is 0. The Morgan fingerprint density at radius 2 is 2.33 bits per heavy atom. The lowest BCUT2D eigenvalue weighted by atomic mass is 10.1. The van der Waals surface area contributed by atoms with E-state index < -0.39 is 0 Å². The molecule has 0 saturated heterocycles. The molecule has 0 aromatic heterocycles. The molecule has 15 heavy (non-hydrogen) atoms. The minimum atomic E-state index is -0.0808. The minimum Gasteiger partial charge on any atom is -0.385 e. The number of nitrogens with zero attached hydrogens (tertiary/aromatic N) is 4. The highest BCUT2D eigenvalue weighted by Crippen LogP contribution is 2.22. The van der Waals surface area contributed by atoms with Crippen LogP contribution in [0.3, 0.4) is 0 Å². The molecule has 0 amide bonds. The van der Waals surface area contributed by atoms with Crippen LogP contribution in [0.15, 0.2) is 15.0 Å². The van der Waals surface area contributed by atoms with Gasteiger partial charge in [0.15, 0.2) is 6.17 Å². The molecule has 2 unspecified atom stereocenters. The number of aliphatic imine (C=N–C) groups is 3. The van der Waals surface area contributed by atoms with E-state index in [0.717, 1.165) is 12.3 Å². The molecule has 5 heteroatoms. The first kappa shape index (κ1) is 10.1. The van der Waals surface area contributed by atoms with Crippen LogP contribution in [0.1, 0.15) is 27.2 Å². The SMILES string of the molecule is CC[C@@H](C)N1C=NC2C(N)=NC(C)=NC21. The lowest BCUT2D eigenvalue weighted by Gasteiger charge is -2.31. The van der Waals surface area contributed by atoms with E-state index in [0.29, 0.717) is 11.9 Å². The van der Waals surface area contributed by atoms with Gasteiger partial charge in [-0.1, -0.05) is 6.92 Å². The largest absolute Gasteiger partial charge is 0.385 e. The summed E-state index contributed by atoms with van der Waals surface area (Å²) in [5.74, 6) is 1.32. The lowest BCUT2D eigenvalue weighted by Crippen LogP contribution is -2.47. The maximum Gasteiger partial charge on any atom is 0.154 e. The lowest BCUT2D eigenvalue weighted by molar-refractivity contribution is 0.268. The van der Waals surface area contributed by atoms with Gasteiger partial charge in [0.2, 0.25) is 0 Å². The van der Waals surface area contributed by atoms with E-state index in [-0.39, 0.29) is 12.2 Å². The first-order valence-corrected chi connectivity index (χ1v) is 5.32. The Kier molecular flexibility index (Phi) is 2.46. The van der Waals surface area contributed by atoms with E-state index in [4.69, 9.17) is 5.73 Å². The van der Waals surface area contributed by atoms with Crippen LogP contribution in [-0.4, -0.2) is 41.2 Å². The molecule has 0 aliphatic carbocycles. The maximum absolute atomic E-state index is 5.84. The summed E-state index contributed by atoms with van der Waals surface area (Å²) in [6.07, 6.45) is 2.95. The summed E-state index contributed by atoms with van der Waals surface area (Å²) in [4.78, 5) is 15.2. The van der Waals surface area contributed by atoms with E-state index in [1.807, 2.05) is 13.3 Å². The van der Waals surface area contributed by atoms with E-state index >= 15 is 0 Å². The molecule has 2 aliphatic heterocycles. The quantitative estimate of drug-likeness (QED) is 0.721. The van der Waals surface area contributed by atoms with Crippen molar-refractivity contribution in [2.45, 2.75) is 45.4 Å². The summed E-state index contributed by atoms with van der Waals surface area (Å²) >= 11 is 0. The van der Waals surface area contributed by atoms with Gasteiger partial charge in [0.1, 0.15) is 17.7 Å². The number of hydrogen-bond donors (Lipinski definition) is 1. The van der Waals surface area contributed by atoms with Crippen molar-refractivity contribution in [1.29, 1.82) is 0 Å². The van der Waals surface area contributed by atoms with Gasteiger partial charge in [0.05, 0.1) is 6.34 Å². The number of fused-ring (bicyclic) bond motifs is 1. The topological polar surface area (TPSA) is 66.3 Å². The fourth-order valence-corrected chi connectivity index (χ4v) is 1.88. The van der Waals surface area contributed by atoms with Gasteiger partial charge in [-0.05, 0) is 20.3 Å². The second kappa shape index (κ2) is 3.64. The molecule has 0 radical (unpaired) electrons. The third-order valence-electron chi connectivity index (χ3n) is 2.96. The fourth-order valence-electron chi connectivity index (χ4n) is 1.88. The Hall–Kier alpha value is -1.39. The Balaban J connectivity index is 2.24. The van der Waals surface area contributed by atoms with Crippen LogP contribution >= 0.6 is 0 Å². The van der Waals surface area contributed by atoms with Gasteiger partial charge in [-0.15, -0.1) is 0 Å². The van der Waals surface area contributed by atoms with Crippen molar-refractivity contribution in [2.75, 3.05) is 0 Å². The third-order valence-corrected chi connectivity index (χ3v) is 2.96. The fraction of sp³-hybridized carbons (Fsp3) is 0.700. The van der Waals surface area contributed by atoms with Crippen LogP contribution in [0.4, 0.5) is 0 Å². The summed E-state index contributed by atoms with van der Waals surface area (Å²) in [7, 11) is 0. The second-order valence-corrected chi connectivity index (χ2v) is 4.04. The molecule has 2 aliphatic rings. The Morgan fingerprint density at radius 1 is 1.60 bits per heavy atom. The molecule has 0 aromatic rings. The van der Waals surface area contributed by atoms with Gasteiger partial charge < -0.3 is 10.6 Å². The standard InChI is InChI=1S/C10H17N5/c1-4-6(2)15-5-12-8-9(11)13-7(3)14-10(8)15/h5-6,8,10H,4H2,1-3H3,(H2,11,13,14)/t6-,8?,10?/m1/s1.